The molecule has 2 rings (SSSR count). The first-order valence-electron chi connectivity index (χ1n) is 6.76. The summed E-state index contributed by atoms with van der Waals surface area (Å²) in [5.74, 6) is -4.44. The number of halogens is 4. The number of hydrogen-bond donors (Lipinski definition) is 4. The lowest BCUT2D eigenvalue weighted by Gasteiger charge is -2.03. The first-order valence-corrected chi connectivity index (χ1v) is 7.52. The van der Waals surface area contributed by atoms with Gasteiger partial charge in [0.05, 0.1) is 23.8 Å². The van der Waals surface area contributed by atoms with Crippen molar-refractivity contribution in [2.45, 2.75) is 13.2 Å². The Hall–Kier alpha value is -2.26. The van der Waals surface area contributed by atoms with Crippen LogP contribution in [0.4, 0.5) is 8.78 Å². The zero-order valence-corrected chi connectivity index (χ0v) is 14.4. The summed E-state index contributed by atoms with van der Waals surface area (Å²) < 4.78 is 25.9. The van der Waals surface area contributed by atoms with Crippen LogP contribution >= 0.6 is 23.2 Å². The minimum atomic E-state index is -1.42. The number of carboxylic acids is 2. The van der Waals surface area contributed by atoms with Gasteiger partial charge in [-0.05, 0) is 29.8 Å². The largest absolute Gasteiger partial charge is 0.478 e. The van der Waals surface area contributed by atoms with Gasteiger partial charge in [-0.15, -0.1) is 0 Å². The highest BCUT2D eigenvalue weighted by atomic mass is 35.5. The van der Waals surface area contributed by atoms with Crippen LogP contribution in [-0.2, 0) is 13.2 Å². The molecule has 0 amide bonds. The molecule has 0 bridgehead atoms. The lowest BCUT2D eigenvalue weighted by atomic mass is 10.1. The molecule has 0 aliphatic carbocycles. The van der Waals surface area contributed by atoms with E-state index in [0.717, 1.165) is 18.2 Å². The summed E-state index contributed by atoms with van der Waals surface area (Å²) in [5, 5.41) is 34.0. The molecule has 0 atom stereocenters. The average Bonchev–Trinajstić information content (AvgIpc) is 2.53. The highest BCUT2D eigenvalue weighted by Crippen LogP contribution is 2.22. The van der Waals surface area contributed by atoms with Crippen molar-refractivity contribution in [1.82, 2.24) is 0 Å². The molecule has 0 unspecified atom stereocenters. The van der Waals surface area contributed by atoms with E-state index < -0.39 is 35.7 Å². The summed E-state index contributed by atoms with van der Waals surface area (Å²) in [6.07, 6.45) is 0. The molecule has 6 nitrogen and oxygen atoms in total. The molecular formula is C16H12Cl2F2O6. The van der Waals surface area contributed by atoms with Gasteiger partial charge < -0.3 is 20.4 Å². The van der Waals surface area contributed by atoms with E-state index in [1.807, 2.05) is 0 Å². The van der Waals surface area contributed by atoms with E-state index in [9.17, 15) is 18.4 Å². The van der Waals surface area contributed by atoms with Crippen molar-refractivity contribution in [3.63, 3.8) is 0 Å². The van der Waals surface area contributed by atoms with E-state index >= 15 is 0 Å². The fourth-order valence-electron chi connectivity index (χ4n) is 1.80. The van der Waals surface area contributed by atoms with Gasteiger partial charge >= 0.3 is 11.9 Å². The van der Waals surface area contributed by atoms with Crippen molar-refractivity contribution in [1.29, 1.82) is 0 Å². The van der Waals surface area contributed by atoms with Gasteiger partial charge in [-0.1, -0.05) is 23.2 Å². The minimum Gasteiger partial charge on any atom is -0.478 e. The Morgan fingerprint density at radius 3 is 1.85 bits per heavy atom. The van der Waals surface area contributed by atoms with Gasteiger partial charge in [0.2, 0.25) is 0 Å². The molecule has 0 radical (unpaired) electrons. The van der Waals surface area contributed by atoms with E-state index in [0.29, 0.717) is 0 Å². The highest BCUT2D eigenvalue weighted by Gasteiger charge is 2.15. The van der Waals surface area contributed by atoms with Crippen molar-refractivity contribution >= 4 is 35.1 Å². The third-order valence-electron chi connectivity index (χ3n) is 3.04. The summed E-state index contributed by atoms with van der Waals surface area (Å²) in [6, 6.07) is 4.07. The minimum absolute atomic E-state index is 0.0834. The molecule has 26 heavy (non-hydrogen) atoms. The van der Waals surface area contributed by atoms with Crippen molar-refractivity contribution in [2.75, 3.05) is 0 Å². The van der Waals surface area contributed by atoms with Crippen molar-refractivity contribution in [3.8, 4) is 0 Å². The molecule has 10 heteroatoms. The predicted molar refractivity (Wildman–Crippen MR) is 88.6 cm³/mol. The summed E-state index contributed by atoms with van der Waals surface area (Å²) in [7, 11) is 0. The Labute approximate surface area is 155 Å². The van der Waals surface area contributed by atoms with Crippen LogP contribution in [0.25, 0.3) is 0 Å². The summed E-state index contributed by atoms with van der Waals surface area (Å²) in [5.41, 5.74) is -0.655. The number of benzene rings is 2. The Morgan fingerprint density at radius 1 is 0.846 bits per heavy atom. The van der Waals surface area contributed by atoms with Gasteiger partial charge in [0.1, 0.15) is 17.2 Å². The van der Waals surface area contributed by atoms with Crippen LogP contribution in [0.2, 0.25) is 10.0 Å². The Kier molecular flexibility index (Phi) is 7.91. The van der Waals surface area contributed by atoms with Gasteiger partial charge in [0, 0.05) is 10.6 Å². The van der Waals surface area contributed by atoms with Gasteiger partial charge in [-0.25, -0.2) is 18.4 Å². The molecule has 0 saturated heterocycles. The van der Waals surface area contributed by atoms with E-state index in [-0.39, 0.29) is 33.3 Å². The van der Waals surface area contributed by atoms with Gasteiger partial charge in [-0.2, -0.15) is 0 Å². The van der Waals surface area contributed by atoms with Crippen LogP contribution in [0.1, 0.15) is 31.8 Å². The number of carboxylic acid groups (broad SMARTS) is 2. The second-order valence-corrected chi connectivity index (χ2v) is 5.59. The molecular weight excluding hydrogens is 397 g/mol. The number of aliphatic hydroxyl groups excluding tert-OH is 2. The van der Waals surface area contributed by atoms with Crippen LogP contribution in [0.5, 0.6) is 0 Å². The van der Waals surface area contributed by atoms with Crippen molar-refractivity contribution < 1.29 is 38.8 Å². The van der Waals surface area contributed by atoms with Crippen LogP contribution in [0, 0.1) is 11.6 Å². The SMILES string of the molecule is O=C(O)c1c(F)cc(CO)cc1Cl.O=C(O)c1cc(F)c(CO)c(Cl)c1. The second kappa shape index (κ2) is 9.44. The topological polar surface area (TPSA) is 115 Å². The van der Waals surface area contributed by atoms with E-state index in [4.69, 9.17) is 43.6 Å². The number of rotatable bonds is 4. The van der Waals surface area contributed by atoms with Gasteiger partial charge in [0.15, 0.2) is 0 Å². The van der Waals surface area contributed by atoms with E-state index in [1.54, 1.807) is 0 Å². The molecule has 2 aromatic carbocycles. The Balaban J connectivity index is 0.000000260. The maximum absolute atomic E-state index is 13.0. The van der Waals surface area contributed by atoms with E-state index in [1.165, 1.54) is 6.07 Å². The molecule has 140 valence electrons. The summed E-state index contributed by atoms with van der Waals surface area (Å²) >= 11 is 11.0. The number of aliphatic hydroxyl groups is 2. The lowest BCUT2D eigenvalue weighted by Crippen LogP contribution is -2.02. The quantitative estimate of drug-likeness (QED) is 0.616. The molecule has 0 aliphatic rings. The molecule has 0 aromatic heterocycles. The smallest absolute Gasteiger partial charge is 0.340 e. The van der Waals surface area contributed by atoms with Gasteiger partial charge in [0.25, 0.3) is 0 Å². The third-order valence-corrected chi connectivity index (χ3v) is 3.68. The van der Waals surface area contributed by atoms with Gasteiger partial charge in [-0.3, -0.25) is 0 Å². The zero-order chi connectivity index (χ0) is 20.0. The summed E-state index contributed by atoms with van der Waals surface area (Å²) in [4.78, 5) is 20.9. The number of aromatic carboxylic acids is 2. The average molecular weight is 409 g/mol. The van der Waals surface area contributed by atoms with Crippen LogP contribution < -0.4 is 0 Å². The molecule has 2 aromatic rings. The van der Waals surface area contributed by atoms with Crippen molar-refractivity contribution in [2.24, 2.45) is 0 Å². The molecule has 0 aliphatic heterocycles. The molecule has 0 heterocycles. The standard InChI is InChI=1S/2C8H6ClFO3/c9-6-1-4(8(12)13)2-7(10)5(6)3-11;9-5-1-4(3-11)2-6(10)7(5)8(12)13/h2*1-2,11H,3H2,(H,12,13). The number of hydrogen-bond acceptors (Lipinski definition) is 4. The molecule has 0 saturated carbocycles. The predicted octanol–water partition coefficient (Wildman–Crippen LogP) is 3.34. The monoisotopic (exact) mass is 408 g/mol. The molecule has 0 spiro atoms. The zero-order valence-electron chi connectivity index (χ0n) is 12.8. The fourth-order valence-corrected chi connectivity index (χ4v) is 2.38. The third kappa shape index (κ3) is 5.37. The second-order valence-electron chi connectivity index (χ2n) is 4.78. The fraction of sp³-hybridized carbons (Fsp3) is 0.125. The molecule has 0 fully saturated rings. The normalized spacial score (nSPS) is 10.1. The Morgan fingerprint density at radius 2 is 1.46 bits per heavy atom. The van der Waals surface area contributed by atoms with E-state index in [2.05, 4.69) is 0 Å². The Bertz CT molecular complexity index is 795. The summed E-state index contributed by atoms with van der Waals surface area (Å²) in [6.45, 7) is -0.929. The highest BCUT2D eigenvalue weighted by molar-refractivity contribution is 6.33. The molecule has 4 N–H and O–H groups in total. The number of carbonyl (C=O) groups is 2. The van der Waals surface area contributed by atoms with Crippen LogP contribution in [0.3, 0.4) is 0 Å². The van der Waals surface area contributed by atoms with Crippen LogP contribution in [0.15, 0.2) is 24.3 Å². The maximum Gasteiger partial charge on any atom is 0.340 e. The van der Waals surface area contributed by atoms with Crippen molar-refractivity contribution in [3.05, 3.63) is 68.2 Å². The van der Waals surface area contributed by atoms with Crippen LogP contribution in [-0.4, -0.2) is 32.4 Å². The maximum atomic E-state index is 13.0. The lowest BCUT2D eigenvalue weighted by molar-refractivity contribution is 0.0683. The first kappa shape index (κ1) is 21.8. The first-order chi connectivity index (χ1) is 12.1.